The maximum Gasteiger partial charge on any atom is 0.337 e. The first-order valence-electron chi connectivity index (χ1n) is 6.54. The van der Waals surface area contributed by atoms with Crippen LogP contribution < -0.4 is 0 Å². The van der Waals surface area contributed by atoms with Crippen LogP contribution in [0.15, 0.2) is 54.3 Å². The van der Waals surface area contributed by atoms with E-state index in [0.29, 0.717) is 5.57 Å². The van der Waals surface area contributed by atoms with Gasteiger partial charge in [0.05, 0.1) is 24.5 Å². The van der Waals surface area contributed by atoms with Crippen molar-refractivity contribution < 1.29 is 17.9 Å². The molecule has 0 saturated carbocycles. The zero-order chi connectivity index (χ0) is 15.5. The molecule has 1 atom stereocenters. The maximum absolute atomic E-state index is 11.9. The SMILES string of the molecule is CCOC(=O)C1=CC(c2ccccc2)N(S(C)(=O)=O)C=C1. The molecule has 0 aromatic heterocycles. The molecule has 0 fully saturated rings. The second kappa shape index (κ2) is 6.13. The van der Waals surface area contributed by atoms with Gasteiger partial charge in [-0.25, -0.2) is 13.2 Å². The highest BCUT2D eigenvalue weighted by Gasteiger charge is 2.27. The molecular weight excluding hydrogens is 290 g/mol. The largest absolute Gasteiger partial charge is 0.462 e. The molecule has 5 nitrogen and oxygen atoms in total. The third kappa shape index (κ3) is 3.52. The summed E-state index contributed by atoms with van der Waals surface area (Å²) in [6.45, 7) is 2.00. The standard InChI is InChI=1S/C15H17NO4S/c1-3-20-15(17)13-9-10-16(21(2,18)19)14(11-13)12-7-5-4-6-8-12/h4-11,14H,3H2,1-2H3. The van der Waals surface area contributed by atoms with E-state index in [0.717, 1.165) is 11.8 Å². The first kappa shape index (κ1) is 15.3. The Hall–Kier alpha value is -2.08. The summed E-state index contributed by atoms with van der Waals surface area (Å²) < 4.78 is 30.0. The third-order valence-corrected chi connectivity index (χ3v) is 4.16. The molecule has 6 heteroatoms. The fourth-order valence-corrected chi connectivity index (χ4v) is 2.98. The molecule has 0 saturated heterocycles. The summed E-state index contributed by atoms with van der Waals surface area (Å²) in [4.78, 5) is 11.8. The van der Waals surface area contributed by atoms with Crippen molar-refractivity contribution in [3.8, 4) is 0 Å². The summed E-state index contributed by atoms with van der Waals surface area (Å²) in [5, 5.41) is 0. The number of hydrogen-bond donors (Lipinski definition) is 0. The van der Waals surface area contributed by atoms with Crippen LogP contribution in [0.4, 0.5) is 0 Å². The number of ether oxygens (including phenoxy) is 1. The average molecular weight is 307 g/mol. The van der Waals surface area contributed by atoms with Crippen molar-refractivity contribution in [1.82, 2.24) is 4.31 Å². The Morgan fingerprint density at radius 3 is 2.52 bits per heavy atom. The molecule has 1 aromatic rings. The van der Waals surface area contributed by atoms with Gasteiger partial charge in [-0.1, -0.05) is 30.3 Å². The molecule has 0 amide bonds. The van der Waals surface area contributed by atoms with E-state index in [1.807, 2.05) is 30.3 Å². The predicted molar refractivity (Wildman–Crippen MR) is 79.7 cm³/mol. The van der Waals surface area contributed by atoms with Gasteiger partial charge >= 0.3 is 5.97 Å². The van der Waals surface area contributed by atoms with Crippen LogP contribution in [-0.4, -0.2) is 31.6 Å². The van der Waals surface area contributed by atoms with Crippen molar-refractivity contribution in [2.24, 2.45) is 0 Å². The minimum atomic E-state index is -3.43. The highest BCUT2D eigenvalue weighted by Crippen LogP contribution is 2.30. The Morgan fingerprint density at radius 1 is 1.29 bits per heavy atom. The van der Waals surface area contributed by atoms with Crippen molar-refractivity contribution in [3.05, 3.63) is 59.8 Å². The molecule has 1 heterocycles. The van der Waals surface area contributed by atoms with Gasteiger partial charge in [-0.2, -0.15) is 0 Å². The molecule has 0 N–H and O–H groups in total. The number of carbonyl (C=O) groups is 1. The van der Waals surface area contributed by atoms with Crippen LogP contribution in [0, 0.1) is 0 Å². The van der Waals surface area contributed by atoms with Crippen LogP contribution in [0.1, 0.15) is 18.5 Å². The molecule has 0 aliphatic carbocycles. The second-order valence-electron chi connectivity index (χ2n) is 4.61. The summed E-state index contributed by atoms with van der Waals surface area (Å²) in [5.74, 6) is -0.456. The minimum Gasteiger partial charge on any atom is -0.462 e. The van der Waals surface area contributed by atoms with E-state index < -0.39 is 22.0 Å². The van der Waals surface area contributed by atoms with E-state index in [-0.39, 0.29) is 6.61 Å². The van der Waals surface area contributed by atoms with Gasteiger partial charge in [0.15, 0.2) is 0 Å². The highest BCUT2D eigenvalue weighted by atomic mass is 32.2. The van der Waals surface area contributed by atoms with Crippen molar-refractivity contribution in [3.63, 3.8) is 0 Å². The Kier molecular flexibility index (Phi) is 4.47. The van der Waals surface area contributed by atoms with Gasteiger partial charge in [0, 0.05) is 6.20 Å². The monoisotopic (exact) mass is 307 g/mol. The summed E-state index contributed by atoms with van der Waals surface area (Å²) >= 11 is 0. The summed E-state index contributed by atoms with van der Waals surface area (Å²) in [6.07, 6.45) is 5.60. The Morgan fingerprint density at radius 2 is 1.95 bits per heavy atom. The Balaban J connectivity index is 2.42. The van der Waals surface area contributed by atoms with Crippen molar-refractivity contribution >= 4 is 16.0 Å². The van der Waals surface area contributed by atoms with Gasteiger partial charge in [0.2, 0.25) is 10.0 Å². The highest BCUT2D eigenvalue weighted by molar-refractivity contribution is 7.88. The Bertz CT molecular complexity index is 677. The van der Waals surface area contributed by atoms with Crippen LogP contribution in [0.2, 0.25) is 0 Å². The van der Waals surface area contributed by atoms with Crippen molar-refractivity contribution in [2.75, 3.05) is 12.9 Å². The number of benzene rings is 1. The lowest BCUT2D eigenvalue weighted by Gasteiger charge is -2.29. The molecule has 0 spiro atoms. The normalized spacial score (nSPS) is 18.3. The molecule has 2 rings (SSSR count). The number of rotatable bonds is 4. The zero-order valence-corrected chi connectivity index (χ0v) is 12.7. The molecule has 1 aromatic carbocycles. The van der Waals surface area contributed by atoms with Gasteiger partial charge < -0.3 is 4.74 Å². The fourth-order valence-electron chi connectivity index (χ4n) is 2.11. The second-order valence-corrected chi connectivity index (χ2v) is 6.49. The summed E-state index contributed by atoms with van der Waals surface area (Å²) in [6, 6.07) is 8.59. The third-order valence-electron chi connectivity index (χ3n) is 3.05. The number of sulfonamides is 1. The van der Waals surface area contributed by atoms with Crippen LogP contribution >= 0.6 is 0 Å². The number of esters is 1. The van der Waals surface area contributed by atoms with E-state index in [2.05, 4.69) is 0 Å². The number of nitrogens with zero attached hydrogens (tertiary/aromatic N) is 1. The van der Waals surface area contributed by atoms with Crippen molar-refractivity contribution in [2.45, 2.75) is 13.0 Å². The topological polar surface area (TPSA) is 63.7 Å². The van der Waals surface area contributed by atoms with Crippen LogP contribution in [0.3, 0.4) is 0 Å². The molecule has 112 valence electrons. The first-order chi connectivity index (χ1) is 9.93. The minimum absolute atomic E-state index is 0.274. The predicted octanol–water partition coefficient (Wildman–Crippen LogP) is 2.01. The van der Waals surface area contributed by atoms with E-state index in [1.54, 1.807) is 13.0 Å². The van der Waals surface area contributed by atoms with Gasteiger partial charge in [0.25, 0.3) is 0 Å². The molecule has 1 aliphatic rings. The fraction of sp³-hybridized carbons (Fsp3) is 0.267. The molecule has 21 heavy (non-hydrogen) atoms. The van der Waals surface area contributed by atoms with Gasteiger partial charge in [-0.15, -0.1) is 0 Å². The molecular formula is C15H17NO4S. The lowest BCUT2D eigenvalue weighted by Crippen LogP contribution is -2.31. The van der Waals surface area contributed by atoms with Gasteiger partial charge in [-0.3, -0.25) is 4.31 Å². The average Bonchev–Trinajstić information content (AvgIpc) is 2.47. The summed E-state index contributed by atoms with van der Waals surface area (Å²) in [7, 11) is -3.43. The van der Waals surface area contributed by atoms with Crippen LogP contribution in [0.5, 0.6) is 0 Å². The van der Waals surface area contributed by atoms with E-state index in [9.17, 15) is 13.2 Å². The zero-order valence-electron chi connectivity index (χ0n) is 11.9. The summed E-state index contributed by atoms with van der Waals surface area (Å²) in [5.41, 5.74) is 1.14. The molecule has 0 bridgehead atoms. The smallest absolute Gasteiger partial charge is 0.337 e. The first-order valence-corrected chi connectivity index (χ1v) is 8.39. The lowest BCUT2D eigenvalue weighted by atomic mass is 10.0. The maximum atomic E-state index is 11.9. The Labute approximate surface area is 124 Å². The van der Waals surface area contributed by atoms with Crippen LogP contribution in [-0.2, 0) is 19.6 Å². The van der Waals surface area contributed by atoms with Gasteiger partial charge in [-0.05, 0) is 24.6 Å². The molecule has 0 radical (unpaired) electrons. The van der Waals surface area contributed by atoms with E-state index >= 15 is 0 Å². The lowest BCUT2D eigenvalue weighted by molar-refractivity contribution is -0.138. The van der Waals surface area contributed by atoms with Crippen LogP contribution in [0.25, 0.3) is 0 Å². The van der Waals surface area contributed by atoms with E-state index in [4.69, 9.17) is 4.74 Å². The quantitative estimate of drug-likeness (QED) is 0.798. The van der Waals surface area contributed by atoms with Gasteiger partial charge in [0.1, 0.15) is 0 Å². The number of hydrogen-bond acceptors (Lipinski definition) is 4. The number of carbonyl (C=O) groups excluding carboxylic acids is 1. The molecule has 1 unspecified atom stereocenters. The van der Waals surface area contributed by atoms with Crippen molar-refractivity contribution in [1.29, 1.82) is 0 Å². The van der Waals surface area contributed by atoms with E-state index in [1.165, 1.54) is 16.6 Å². The molecule has 1 aliphatic heterocycles.